The second kappa shape index (κ2) is 2.33. The van der Waals surface area contributed by atoms with Gasteiger partial charge in [0.15, 0.2) is 0 Å². The van der Waals surface area contributed by atoms with Crippen LogP contribution in [0.4, 0.5) is 0 Å². The topological polar surface area (TPSA) is 20.2 Å². The monoisotopic (exact) mass is 170 g/mol. The molecule has 0 amide bonds. The molecule has 0 spiro atoms. The molecule has 1 nitrogen and oxygen atoms in total. The van der Waals surface area contributed by atoms with E-state index in [1.807, 2.05) is 12.1 Å². The lowest BCUT2D eigenvalue weighted by Gasteiger charge is -2.00. The van der Waals surface area contributed by atoms with Crippen molar-refractivity contribution in [3.63, 3.8) is 0 Å². The minimum atomic E-state index is 0.176. The highest BCUT2D eigenvalue weighted by molar-refractivity contribution is 5.84. The van der Waals surface area contributed by atoms with Crippen LogP contribution < -0.4 is 0 Å². The van der Waals surface area contributed by atoms with E-state index in [9.17, 15) is 5.11 Å². The highest BCUT2D eigenvalue weighted by Gasteiger charge is 2.30. The maximum atomic E-state index is 9.22. The molecule has 0 fully saturated rings. The zero-order valence-electron chi connectivity index (χ0n) is 7.25. The molecule has 0 heterocycles. The summed E-state index contributed by atoms with van der Waals surface area (Å²) in [6.07, 6.45) is 1.09. The molecule has 13 heavy (non-hydrogen) atoms. The normalized spacial score (nSPS) is 13.0. The lowest BCUT2D eigenvalue weighted by Crippen LogP contribution is -1.84. The van der Waals surface area contributed by atoms with Crippen molar-refractivity contribution in [1.29, 1.82) is 0 Å². The molecular formula is C12H10O. The highest BCUT2D eigenvalue weighted by atomic mass is 16.3. The smallest absolute Gasteiger partial charge is 0.0690 e. The van der Waals surface area contributed by atoms with Gasteiger partial charge in [-0.2, -0.15) is 0 Å². The van der Waals surface area contributed by atoms with Crippen LogP contribution in [-0.2, 0) is 13.0 Å². The van der Waals surface area contributed by atoms with Crippen LogP contribution in [0, 0.1) is 0 Å². The van der Waals surface area contributed by atoms with E-state index in [1.54, 1.807) is 0 Å². The van der Waals surface area contributed by atoms with Gasteiger partial charge in [0.25, 0.3) is 0 Å². The van der Waals surface area contributed by atoms with Crippen LogP contribution in [0.5, 0.6) is 0 Å². The minimum Gasteiger partial charge on any atom is -0.392 e. The summed E-state index contributed by atoms with van der Waals surface area (Å²) in [7, 11) is 0. The zero-order valence-corrected chi connectivity index (χ0v) is 7.25. The Morgan fingerprint density at radius 1 is 1.00 bits per heavy atom. The fraction of sp³-hybridized carbons (Fsp3) is 0.167. The van der Waals surface area contributed by atoms with Gasteiger partial charge >= 0.3 is 0 Å². The molecule has 0 aromatic rings. The summed E-state index contributed by atoms with van der Waals surface area (Å²) >= 11 is 0. The average Bonchev–Trinajstić information content (AvgIpc) is 2.88. The zero-order chi connectivity index (χ0) is 8.84. The van der Waals surface area contributed by atoms with Crippen LogP contribution in [-0.4, -0.2) is 5.11 Å². The lowest BCUT2D eigenvalue weighted by molar-refractivity contribution is 0.282. The van der Waals surface area contributed by atoms with Gasteiger partial charge in [0.05, 0.1) is 6.61 Å². The SMILES string of the molecule is OCc1c2cccccc-2c2c1C2. The molecule has 3 aliphatic carbocycles. The molecule has 0 aromatic carbocycles. The Balaban J connectivity index is 2.36. The van der Waals surface area contributed by atoms with E-state index >= 15 is 0 Å². The quantitative estimate of drug-likeness (QED) is 0.593. The Kier molecular flexibility index (Phi) is 1.27. The second-order valence-electron chi connectivity index (χ2n) is 3.51. The van der Waals surface area contributed by atoms with E-state index in [-0.39, 0.29) is 6.61 Å². The number of hydrogen-bond donors (Lipinski definition) is 1. The molecule has 0 atom stereocenters. The van der Waals surface area contributed by atoms with E-state index < -0.39 is 0 Å². The average molecular weight is 170 g/mol. The molecule has 3 aliphatic rings. The summed E-state index contributed by atoms with van der Waals surface area (Å²) in [4.78, 5) is 0. The minimum absolute atomic E-state index is 0.176. The fourth-order valence-electron chi connectivity index (χ4n) is 2.10. The number of aliphatic hydroxyl groups excluding tert-OH is 1. The van der Waals surface area contributed by atoms with Crippen molar-refractivity contribution in [1.82, 2.24) is 0 Å². The van der Waals surface area contributed by atoms with Crippen LogP contribution in [0.3, 0.4) is 0 Å². The third kappa shape index (κ3) is 0.850. The van der Waals surface area contributed by atoms with Crippen LogP contribution in [0.1, 0.15) is 16.7 Å². The van der Waals surface area contributed by atoms with Crippen LogP contribution >= 0.6 is 0 Å². The third-order valence-electron chi connectivity index (χ3n) is 2.80. The van der Waals surface area contributed by atoms with E-state index in [0.29, 0.717) is 0 Å². The number of fused-ring (bicyclic) bond motifs is 3. The molecular weight excluding hydrogens is 160 g/mol. The Bertz CT molecular complexity index is 445. The molecule has 3 rings (SSSR count). The maximum Gasteiger partial charge on any atom is 0.0690 e. The standard InChI is InChI=1S/C12H10O/c13-7-12-9-5-3-1-2-4-8(9)10-6-11(10)12/h1-5,13H,6-7H2. The molecule has 1 N–H and O–H groups in total. The fourth-order valence-corrected chi connectivity index (χ4v) is 2.10. The second-order valence-corrected chi connectivity index (χ2v) is 3.51. The Labute approximate surface area is 77.0 Å². The largest absolute Gasteiger partial charge is 0.392 e. The summed E-state index contributed by atoms with van der Waals surface area (Å²) in [6.45, 7) is 0.176. The first kappa shape index (κ1) is 7.10. The van der Waals surface area contributed by atoms with Crippen molar-refractivity contribution in [2.24, 2.45) is 0 Å². The van der Waals surface area contributed by atoms with Crippen molar-refractivity contribution in [3.8, 4) is 11.1 Å². The summed E-state index contributed by atoms with van der Waals surface area (Å²) in [5.41, 5.74) is 6.51. The van der Waals surface area contributed by atoms with Crippen LogP contribution in [0.15, 0.2) is 30.3 Å². The molecule has 64 valence electrons. The van der Waals surface area contributed by atoms with Gasteiger partial charge in [-0.1, -0.05) is 30.3 Å². The molecule has 0 bridgehead atoms. The first-order valence-corrected chi connectivity index (χ1v) is 4.54. The highest BCUT2D eigenvalue weighted by Crippen LogP contribution is 2.46. The molecule has 0 aromatic heterocycles. The summed E-state index contributed by atoms with van der Waals surface area (Å²) in [5, 5.41) is 9.22. The summed E-state index contributed by atoms with van der Waals surface area (Å²) < 4.78 is 0. The van der Waals surface area contributed by atoms with Gasteiger partial charge in [0, 0.05) is 0 Å². The van der Waals surface area contributed by atoms with E-state index in [1.165, 1.54) is 22.3 Å². The van der Waals surface area contributed by atoms with Gasteiger partial charge in [-0.3, -0.25) is 0 Å². The van der Waals surface area contributed by atoms with Gasteiger partial charge in [-0.25, -0.2) is 0 Å². The Morgan fingerprint density at radius 3 is 2.54 bits per heavy atom. The molecule has 0 saturated heterocycles. The van der Waals surface area contributed by atoms with Gasteiger partial charge in [0.1, 0.15) is 0 Å². The number of hydrogen-bond acceptors (Lipinski definition) is 1. The molecule has 0 saturated carbocycles. The predicted octanol–water partition coefficient (Wildman–Crippen LogP) is 2.19. The van der Waals surface area contributed by atoms with Gasteiger partial charge < -0.3 is 5.11 Å². The van der Waals surface area contributed by atoms with Crippen LogP contribution in [0.2, 0.25) is 0 Å². The maximum absolute atomic E-state index is 9.22. The first-order chi connectivity index (χ1) is 6.42. The lowest BCUT2D eigenvalue weighted by atomic mass is 10.1. The number of aliphatic hydroxyl groups is 1. The van der Waals surface area contributed by atoms with Gasteiger partial charge in [0.2, 0.25) is 0 Å². The predicted molar refractivity (Wildman–Crippen MR) is 51.8 cm³/mol. The Hall–Kier alpha value is -1.34. The van der Waals surface area contributed by atoms with Gasteiger partial charge in [-0.05, 0) is 34.2 Å². The van der Waals surface area contributed by atoms with Crippen molar-refractivity contribution in [3.05, 3.63) is 47.0 Å². The molecule has 0 unspecified atom stereocenters. The molecule has 0 aliphatic heterocycles. The van der Waals surface area contributed by atoms with E-state index in [4.69, 9.17) is 0 Å². The van der Waals surface area contributed by atoms with Crippen molar-refractivity contribution < 1.29 is 5.11 Å². The first-order valence-electron chi connectivity index (χ1n) is 4.54. The van der Waals surface area contributed by atoms with E-state index in [2.05, 4.69) is 18.2 Å². The van der Waals surface area contributed by atoms with Crippen molar-refractivity contribution in [2.45, 2.75) is 13.0 Å². The van der Waals surface area contributed by atoms with Crippen LogP contribution in [0.25, 0.3) is 11.1 Å². The Morgan fingerprint density at radius 2 is 1.77 bits per heavy atom. The molecule has 1 heteroatoms. The third-order valence-corrected chi connectivity index (χ3v) is 2.80. The van der Waals surface area contributed by atoms with Gasteiger partial charge in [-0.15, -0.1) is 0 Å². The van der Waals surface area contributed by atoms with Crippen molar-refractivity contribution >= 4 is 0 Å². The van der Waals surface area contributed by atoms with Crippen molar-refractivity contribution in [2.75, 3.05) is 0 Å². The molecule has 0 radical (unpaired) electrons. The summed E-state index contributed by atoms with van der Waals surface area (Å²) in [5.74, 6) is 0. The van der Waals surface area contributed by atoms with E-state index in [0.717, 1.165) is 12.0 Å². The number of rotatable bonds is 1. The summed E-state index contributed by atoms with van der Waals surface area (Å²) in [6, 6.07) is 10.3.